The van der Waals surface area contributed by atoms with Crippen molar-refractivity contribution >= 4 is 28.5 Å². The third-order valence-electron chi connectivity index (χ3n) is 2.52. The Labute approximate surface area is 97.0 Å². The molecule has 4 nitrogen and oxygen atoms in total. The number of esters is 1. The van der Waals surface area contributed by atoms with Crippen LogP contribution in [0.3, 0.4) is 0 Å². The maximum atomic E-state index is 11.5. The fraction of sp³-hybridized carbons (Fsp3) is 0.182. The van der Waals surface area contributed by atoms with Crippen LogP contribution in [-0.2, 0) is 11.8 Å². The summed E-state index contributed by atoms with van der Waals surface area (Å²) in [4.78, 5) is 11.5. The lowest BCUT2D eigenvalue weighted by Gasteiger charge is -2.03. The van der Waals surface area contributed by atoms with Gasteiger partial charge in [0, 0.05) is 12.4 Å². The molecule has 1 aromatic carbocycles. The number of nitrogens with zero attached hydrogens (tertiary/aromatic N) is 1. The van der Waals surface area contributed by atoms with Gasteiger partial charge in [-0.1, -0.05) is 11.6 Å². The molecule has 5 heteroatoms. The third-order valence-corrected chi connectivity index (χ3v) is 2.82. The summed E-state index contributed by atoms with van der Waals surface area (Å²) in [5, 5.41) is 10.7. The smallest absolute Gasteiger partial charge is 0.354 e. The second-order valence-electron chi connectivity index (χ2n) is 3.41. The van der Waals surface area contributed by atoms with Gasteiger partial charge in [-0.25, -0.2) is 4.79 Å². The Morgan fingerprint density at radius 1 is 1.50 bits per heavy atom. The molecule has 1 heterocycles. The van der Waals surface area contributed by atoms with Gasteiger partial charge in [-0.15, -0.1) is 0 Å². The fourth-order valence-corrected chi connectivity index (χ4v) is 2.00. The van der Waals surface area contributed by atoms with Gasteiger partial charge < -0.3 is 14.4 Å². The van der Waals surface area contributed by atoms with E-state index in [9.17, 15) is 9.90 Å². The second kappa shape index (κ2) is 3.72. The Balaban J connectivity index is 2.82. The zero-order valence-electron chi connectivity index (χ0n) is 8.82. The van der Waals surface area contributed by atoms with Crippen LogP contribution >= 0.6 is 11.6 Å². The number of methoxy groups -OCH3 is 1. The number of phenolic OH excluding ortho intramolecular Hbond substituents is 1. The Hall–Kier alpha value is -1.68. The summed E-state index contributed by atoms with van der Waals surface area (Å²) in [5.41, 5.74) is 0.961. The highest BCUT2D eigenvalue weighted by Gasteiger charge is 2.17. The first kappa shape index (κ1) is 10.8. The van der Waals surface area contributed by atoms with E-state index in [1.165, 1.54) is 13.2 Å². The normalized spacial score (nSPS) is 10.7. The Kier molecular flexibility index (Phi) is 2.52. The molecular formula is C11H10ClNO3. The summed E-state index contributed by atoms with van der Waals surface area (Å²) >= 11 is 6.01. The van der Waals surface area contributed by atoms with E-state index >= 15 is 0 Å². The molecule has 0 spiro atoms. The summed E-state index contributed by atoms with van der Waals surface area (Å²) in [6.07, 6.45) is 0. The van der Waals surface area contributed by atoms with Crippen LogP contribution in [0.4, 0.5) is 0 Å². The first-order chi connectivity index (χ1) is 7.56. The van der Waals surface area contributed by atoms with E-state index in [1.807, 2.05) is 0 Å². The SMILES string of the molecule is COC(=O)c1cc2c(O)ccc(Cl)c2n1C. The minimum absolute atomic E-state index is 0.0881. The number of aryl methyl sites for hydroxylation is 1. The molecule has 0 saturated heterocycles. The molecule has 0 atom stereocenters. The maximum Gasteiger partial charge on any atom is 0.354 e. The van der Waals surface area contributed by atoms with Crippen LogP contribution in [0.2, 0.25) is 5.02 Å². The number of phenols is 1. The quantitative estimate of drug-likeness (QED) is 0.777. The molecule has 84 valence electrons. The van der Waals surface area contributed by atoms with E-state index in [4.69, 9.17) is 11.6 Å². The number of rotatable bonds is 1. The zero-order valence-corrected chi connectivity index (χ0v) is 9.58. The maximum absolute atomic E-state index is 11.5. The number of halogens is 1. The van der Waals surface area contributed by atoms with Gasteiger partial charge in [-0.2, -0.15) is 0 Å². The zero-order chi connectivity index (χ0) is 11.9. The topological polar surface area (TPSA) is 51.5 Å². The molecule has 2 aromatic rings. The number of aromatic hydroxyl groups is 1. The van der Waals surface area contributed by atoms with Gasteiger partial charge in [0.2, 0.25) is 0 Å². The van der Waals surface area contributed by atoms with Crippen LogP contribution in [0.15, 0.2) is 18.2 Å². The average molecular weight is 240 g/mol. The van der Waals surface area contributed by atoms with Gasteiger partial charge in [0.15, 0.2) is 0 Å². The molecule has 0 saturated carbocycles. The highest BCUT2D eigenvalue weighted by molar-refractivity contribution is 6.35. The van der Waals surface area contributed by atoms with Gasteiger partial charge in [-0.05, 0) is 18.2 Å². The highest BCUT2D eigenvalue weighted by Crippen LogP contribution is 2.32. The van der Waals surface area contributed by atoms with Crippen molar-refractivity contribution in [1.29, 1.82) is 0 Å². The van der Waals surface area contributed by atoms with Crippen molar-refractivity contribution in [1.82, 2.24) is 4.57 Å². The second-order valence-corrected chi connectivity index (χ2v) is 3.82. The van der Waals surface area contributed by atoms with E-state index < -0.39 is 5.97 Å². The van der Waals surface area contributed by atoms with E-state index in [1.54, 1.807) is 23.7 Å². The summed E-state index contributed by atoms with van der Waals surface area (Å²) < 4.78 is 6.24. The van der Waals surface area contributed by atoms with Crippen LogP contribution in [0.5, 0.6) is 5.75 Å². The predicted molar refractivity (Wildman–Crippen MR) is 60.9 cm³/mol. The largest absolute Gasteiger partial charge is 0.507 e. The number of hydrogen-bond donors (Lipinski definition) is 1. The molecule has 0 amide bonds. The van der Waals surface area contributed by atoms with Crippen LogP contribution in [0.1, 0.15) is 10.5 Å². The number of fused-ring (bicyclic) bond motifs is 1. The molecule has 0 radical (unpaired) electrons. The predicted octanol–water partition coefficient (Wildman–Crippen LogP) is 2.32. The number of benzene rings is 1. The summed E-state index contributed by atoms with van der Waals surface area (Å²) in [5.74, 6) is -0.376. The molecule has 0 fully saturated rings. The first-order valence-electron chi connectivity index (χ1n) is 4.61. The minimum Gasteiger partial charge on any atom is -0.507 e. The number of carbonyl (C=O) groups is 1. The van der Waals surface area contributed by atoms with Crippen molar-refractivity contribution in [2.24, 2.45) is 7.05 Å². The number of hydrogen-bond acceptors (Lipinski definition) is 3. The number of ether oxygens (including phenoxy) is 1. The Bertz CT molecular complexity index is 574. The van der Waals surface area contributed by atoms with Gasteiger partial charge in [0.1, 0.15) is 11.4 Å². The summed E-state index contributed by atoms with van der Waals surface area (Å²) in [6.45, 7) is 0. The molecule has 0 unspecified atom stereocenters. The molecule has 0 aliphatic rings. The summed E-state index contributed by atoms with van der Waals surface area (Å²) in [6, 6.07) is 4.63. The average Bonchev–Trinajstić information content (AvgIpc) is 2.62. The first-order valence-corrected chi connectivity index (χ1v) is 4.99. The number of aromatic nitrogens is 1. The van der Waals surface area contributed by atoms with Crippen molar-refractivity contribution in [2.75, 3.05) is 7.11 Å². The van der Waals surface area contributed by atoms with Crippen molar-refractivity contribution in [3.8, 4) is 5.75 Å². The van der Waals surface area contributed by atoms with Gasteiger partial charge >= 0.3 is 5.97 Å². The van der Waals surface area contributed by atoms with Gasteiger partial charge in [0.25, 0.3) is 0 Å². The van der Waals surface area contributed by atoms with Crippen molar-refractivity contribution in [3.05, 3.63) is 28.9 Å². The van der Waals surface area contributed by atoms with E-state index in [2.05, 4.69) is 4.74 Å². The highest BCUT2D eigenvalue weighted by atomic mass is 35.5. The summed E-state index contributed by atoms with van der Waals surface area (Å²) in [7, 11) is 3.00. The van der Waals surface area contributed by atoms with E-state index in [0.717, 1.165) is 0 Å². The molecule has 0 aliphatic heterocycles. The molecule has 0 bridgehead atoms. The van der Waals surface area contributed by atoms with Crippen LogP contribution < -0.4 is 0 Å². The van der Waals surface area contributed by atoms with Gasteiger partial charge in [0.05, 0.1) is 17.6 Å². The Morgan fingerprint density at radius 2 is 2.19 bits per heavy atom. The molecule has 2 rings (SSSR count). The van der Waals surface area contributed by atoms with Crippen LogP contribution in [-0.4, -0.2) is 22.8 Å². The fourth-order valence-electron chi connectivity index (χ4n) is 1.71. The van der Waals surface area contributed by atoms with Crippen LogP contribution in [0.25, 0.3) is 10.9 Å². The van der Waals surface area contributed by atoms with E-state index in [-0.39, 0.29) is 5.75 Å². The van der Waals surface area contributed by atoms with Crippen molar-refractivity contribution < 1.29 is 14.6 Å². The molecule has 1 aromatic heterocycles. The van der Waals surface area contributed by atoms with Crippen LogP contribution in [0, 0.1) is 0 Å². The van der Waals surface area contributed by atoms with Crippen molar-refractivity contribution in [3.63, 3.8) is 0 Å². The van der Waals surface area contributed by atoms with Crippen molar-refractivity contribution in [2.45, 2.75) is 0 Å². The third kappa shape index (κ3) is 1.42. The Morgan fingerprint density at radius 3 is 2.75 bits per heavy atom. The lowest BCUT2D eigenvalue weighted by molar-refractivity contribution is 0.0590. The molecule has 16 heavy (non-hydrogen) atoms. The molecular weight excluding hydrogens is 230 g/mol. The lowest BCUT2D eigenvalue weighted by Crippen LogP contribution is -2.07. The molecule has 0 aliphatic carbocycles. The number of carbonyl (C=O) groups excluding carboxylic acids is 1. The molecule has 1 N–H and O–H groups in total. The minimum atomic E-state index is -0.464. The monoisotopic (exact) mass is 239 g/mol. The van der Waals surface area contributed by atoms with Gasteiger partial charge in [-0.3, -0.25) is 0 Å². The lowest BCUT2D eigenvalue weighted by atomic mass is 10.2. The standard InChI is InChI=1S/C11H10ClNO3/c1-13-8(11(15)16-2)5-6-9(14)4-3-7(12)10(6)13/h3-5,14H,1-2H3. The van der Waals surface area contributed by atoms with E-state index in [0.29, 0.717) is 21.6 Å².